The van der Waals surface area contributed by atoms with Crippen molar-refractivity contribution in [2.24, 2.45) is 0 Å². The van der Waals surface area contributed by atoms with Crippen LogP contribution in [0.1, 0.15) is 5.76 Å². The SMILES string of the molecule is O=C(O)C(Cc1ccno1)NC(=O)C(F)(F)F. The van der Waals surface area contributed by atoms with E-state index in [-0.39, 0.29) is 5.76 Å². The lowest BCUT2D eigenvalue weighted by atomic mass is 10.1. The highest BCUT2D eigenvalue weighted by Crippen LogP contribution is 2.15. The number of nitrogens with zero attached hydrogens (tertiary/aromatic N) is 1. The minimum atomic E-state index is -5.13. The second-order valence-electron chi connectivity index (χ2n) is 3.04. The molecule has 0 saturated heterocycles. The van der Waals surface area contributed by atoms with Crippen LogP contribution >= 0.6 is 0 Å². The van der Waals surface area contributed by atoms with Crippen molar-refractivity contribution in [3.63, 3.8) is 0 Å². The van der Waals surface area contributed by atoms with Crippen molar-refractivity contribution in [3.05, 3.63) is 18.0 Å². The number of carbonyl (C=O) groups is 2. The number of carbonyl (C=O) groups excluding carboxylic acids is 1. The molecule has 17 heavy (non-hydrogen) atoms. The van der Waals surface area contributed by atoms with E-state index in [2.05, 4.69) is 9.68 Å². The lowest BCUT2D eigenvalue weighted by Gasteiger charge is -2.14. The number of alkyl halides is 3. The second-order valence-corrected chi connectivity index (χ2v) is 3.04. The average molecular weight is 252 g/mol. The van der Waals surface area contributed by atoms with Crippen molar-refractivity contribution < 1.29 is 32.4 Å². The monoisotopic (exact) mass is 252 g/mol. The largest absolute Gasteiger partial charge is 0.480 e. The first kappa shape index (κ1) is 13.0. The summed E-state index contributed by atoms with van der Waals surface area (Å²) in [5.74, 6) is -3.86. The number of halogens is 3. The number of aliphatic carboxylic acids is 1. The van der Waals surface area contributed by atoms with Gasteiger partial charge in [-0.2, -0.15) is 13.2 Å². The average Bonchev–Trinajstić information content (AvgIpc) is 2.67. The summed E-state index contributed by atoms with van der Waals surface area (Å²) in [6.07, 6.45) is -4.34. The topological polar surface area (TPSA) is 92.4 Å². The highest BCUT2D eigenvalue weighted by molar-refractivity contribution is 5.87. The zero-order valence-electron chi connectivity index (χ0n) is 8.19. The first-order valence-electron chi connectivity index (χ1n) is 4.30. The van der Waals surface area contributed by atoms with E-state index in [0.29, 0.717) is 0 Å². The summed E-state index contributed by atoms with van der Waals surface area (Å²) in [4.78, 5) is 21.2. The minimum Gasteiger partial charge on any atom is -0.480 e. The molecule has 0 aromatic carbocycles. The zero-order chi connectivity index (χ0) is 13.1. The Hall–Kier alpha value is -2.06. The summed E-state index contributed by atoms with van der Waals surface area (Å²) >= 11 is 0. The molecule has 0 aliphatic heterocycles. The van der Waals surface area contributed by atoms with Gasteiger partial charge in [-0.1, -0.05) is 5.16 Å². The normalized spacial score (nSPS) is 13.1. The third kappa shape index (κ3) is 3.78. The molecule has 0 radical (unpaired) electrons. The van der Waals surface area contributed by atoms with E-state index in [9.17, 15) is 22.8 Å². The van der Waals surface area contributed by atoms with Crippen LogP contribution in [0.2, 0.25) is 0 Å². The van der Waals surface area contributed by atoms with Gasteiger partial charge in [-0.25, -0.2) is 4.79 Å². The van der Waals surface area contributed by atoms with Crippen LogP contribution < -0.4 is 5.32 Å². The van der Waals surface area contributed by atoms with Gasteiger partial charge in [-0.05, 0) is 0 Å². The molecule has 0 aliphatic carbocycles. The molecule has 1 unspecified atom stereocenters. The van der Waals surface area contributed by atoms with E-state index in [1.54, 1.807) is 0 Å². The van der Waals surface area contributed by atoms with Gasteiger partial charge < -0.3 is 14.9 Å². The number of hydrogen-bond acceptors (Lipinski definition) is 4. The molecule has 6 nitrogen and oxygen atoms in total. The van der Waals surface area contributed by atoms with Gasteiger partial charge in [0.05, 0.1) is 6.20 Å². The molecule has 9 heteroatoms. The van der Waals surface area contributed by atoms with Gasteiger partial charge in [-0.15, -0.1) is 0 Å². The molecule has 0 bridgehead atoms. The third-order valence-electron chi connectivity index (χ3n) is 1.76. The number of amides is 1. The van der Waals surface area contributed by atoms with Gasteiger partial charge in [0.15, 0.2) is 0 Å². The summed E-state index contributed by atoms with van der Waals surface area (Å²) in [7, 11) is 0. The van der Waals surface area contributed by atoms with Gasteiger partial charge in [0.2, 0.25) is 0 Å². The van der Waals surface area contributed by atoms with E-state index < -0.39 is 30.5 Å². The van der Waals surface area contributed by atoms with Gasteiger partial charge in [-0.3, -0.25) is 4.79 Å². The molecule has 0 saturated carbocycles. The van der Waals surface area contributed by atoms with Crippen LogP contribution in [0.3, 0.4) is 0 Å². The lowest BCUT2D eigenvalue weighted by Crippen LogP contribution is -2.47. The first-order chi connectivity index (χ1) is 7.80. The molecule has 0 spiro atoms. The Morgan fingerprint density at radius 3 is 2.59 bits per heavy atom. The van der Waals surface area contributed by atoms with Crippen molar-refractivity contribution in [2.45, 2.75) is 18.6 Å². The Labute approximate surface area is 92.4 Å². The Morgan fingerprint density at radius 2 is 2.18 bits per heavy atom. The number of hydrogen-bond donors (Lipinski definition) is 2. The number of carboxylic acids is 1. The highest BCUT2D eigenvalue weighted by atomic mass is 19.4. The zero-order valence-corrected chi connectivity index (χ0v) is 8.19. The van der Waals surface area contributed by atoms with Gasteiger partial charge >= 0.3 is 18.1 Å². The predicted molar refractivity (Wildman–Crippen MR) is 45.8 cm³/mol. The molecular weight excluding hydrogens is 245 g/mol. The van der Waals surface area contributed by atoms with Gasteiger partial charge in [0.1, 0.15) is 11.8 Å². The summed E-state index contributed by atoms with van der Waals surface area (Å²) in [5, 5.41) is 13.2. The van der Waals surface area contributed by atoms with Crippen molar-refractivity contribution in [3.8, 4) is 0 Å². The quantitative estimate of drug-likeness (QED) is 0.806. The number of rotatable bonds is 4. The fourth-order valence-corrected chi connectivity index (χ4v) is 0.989. The van der Waals surface area contributed by atoms with Crippen molar-refractivity contribution in [2.75, 3.05) is 0 Å². The molecule has 1 amide bonds. The third-order valence-corrected chi connectivity index (χ3v) is 1.76. The lowest BCUT2D eigenvalue weighted by molar-refractivity contribution is -0.175. The van der Waals surface area contributed by atoms with Crippen LogP contribution in [-0.2, 0) is 16.0 Å². The Morgan fingerprint density at radius 1 is 1.53 bits per heavy atom. The molecule has 1 aromatic heterocycles. The minimum absolute atomic E-state index is 0.0554. The van der Waals surface area contributed by atoms with E-state index in [1.807, 2.05) is 0 Å². The van der Waals surface area contributed by atoms with E-state index in [1.165, 1.54) is 17.6 Å². The summed E-state index contributed by atoms with van der Waals surface area (Å²) in [6, 6.07) is -0.438. The van der Waals surface area contributed by atoms with Crippen LogP contribution in [0.5, 0.6) is 0 Å². The molecule has 2 N–H and O–H groups in total. The van der Waals surface area contributed by atoms with Crippen molar-refractivity contribution >= 4 is 11.9 Å². The summed E-state index contributed by atoms with van der Waals surface area (Å²) in [6.45, 7) is 0. The van der Waals surface area contributed by atoms with Crippen LogP contribution in [0.15, 0.2) is 16.8 Å². The van der Waals surface area contributed by atoms with E-state index in [4.69, 9.17) is 5.11 Å². The predicted octanol–water partition coefficient (Wildman–Crippen LogP) is 0.349. The smallest absolute Gasteiger partial charge is 0.471 e. The molecular formula is C8H7F3N2O4. The number of carboxylic acid groups (broad SMARTS) is 1. The maximum absolute atomic E-state index is 11.9. The van der Waals surface area contributed by atoms with Crippen LogP contribution in [0.25, 0.3) is 0 Å². The molecule has 1 atom stereocenters. The van der Waals surface area contributed by atoms with Crippen LogP contribution in [-0.4, -0.2) is 34.4 Å². The van der Waals surface area contributed by atoms with Crippen LogP contribution in [0, 0.1) is 0 Å². The number of nitrogens with one attached hydrogen (secondary N) is 1. The molecule has 1 rings (SSSR count). The Bertz CT molecular complexity index is 401. The standard InChI is InChI=1S/C8H7F3N2O4/c9-8(10,11)7(16)13-5(6(14)15)3-4-1-2-12-17-4/h1-2,5H,3H2,(H,13,16)(H,14,15). The summed E-state index contributed by atoms with van der Waals surface area (Å²) in [5.41, 5.74) is 0. The van der Waals surface area contributed by atoms with E-state index in [0.717, 1.165) is 0 Å². The fourth-order valence-electron chi connectivity index (χ4n) is 0.989. The fraction of sp³-hybridized carbons (Fsp3) is 0.375. The first-order valence-corrected chi connectivity index (χ1v) is 4.30. The highest BCUT2D eigenvalue weighted by Gasteiger charge is 2.41. The number of aromatic nitrogens is 1. The molecule has 1 heterocycles. The van der Waals surface area contributed by atoms with Gasteiger partial charge in [0.25, 0.3) is 0 Å². The van der Waals surface area contributed by atoms with Crippen LogP contribution in [0.4, 0.5) is 13.2 Å². The second kappa shape index (κ2) is 4.85. The molecule has 94 valence electrons. The Balaban J connectivity index is 2.68. The van der Waals surface area contributed by atoms with Crippen molar-refractivity contribution in [1.29, 1.82) is 0 Å². The molecule has 0 aliphatic rings. The summed E-state index contributed by atoms with van der Waals surface area (Å²) < 4.78 is 40.3. The maximum atomic E-state index is 11.9. The van der Waals surface area contributed by atoms with Crippen molar-refractivity contribution in [1.82, 2.24) is 10.5 Å². The van der Waals surface area contributed by atoms with Gasteiger partial charge in [0, 0.05) is 12.5 Å². The molecule has 0 fully saturated rings. The maximum Gasteiger partial charge on any atom is 0.471 e. The van der Waals surface area contributed by atoms with E-state index >= 15 is 0 Å². The molecule has 1 aromatic rings. The Kier molecular flexibility index (Phi) is 3.71.